The Bertz CT molecular complexity index is 1500. The molecule has 0 aliphatic heterocycles. The van der Waals surface area contributed by atoms with Crippen LogP contribution in [0.25, 0.3) is 0 Å². The molecule has 0 saturated heterocycles. The van der Waals surface area contributed by atoms with Gasteiger partial charge < -0.3 is 0 Å². The molecule has 0 amide bonds. The number of hydrogen-bond donors (Lipinski definition) is 2. The average molecular weight is 655 g/mol. The second-order valence-corrected chi connectivity index (χ2v) is 19.5. The van der Waals surface area contributed by atoms with Crippen LogP contribution in [0.15, 0.2) is 66.7 Å². The Hall–Kier alpha value is -3.29. The molecule has 3 nitrogen and oxygen atoms in total. The van der Waals surface area contributed by atoms with Crippen LogP contribution >= 0.6 is 6.83 Å². The summed E-state index contributed by atoms with van der Waals surface area (Å²) in [7, 11) is 0. The summed E-state index contributed by atoms with van der Waals surface area (Å²) in [4.78, 5) is 0. The number of unbranched alkanes of at least 4 members (excludes halogenated alkanes) is 3. The van der Waals surface area contributed by atoms with Crippen molar-refractivity contribution in [3.63, 3.8) is 0 Å². The van der Waals surface area contributed by atoms with Crippen LogP contribution in [0.2, 0.25) is 0 Å². The van der Waals surface area contributed by atoms with Gasteiger partial charge in [0.05, 0.1) is 0 Å². The van der Waals surface area contributed by atoms with E-state index >= 15 is 0 Å². The van der Waals surface area contributed by atoms with Gasteiger partial charge in [-0.05, 0) is 0 Å². The predicted molar refractivity (Wildman–Crippen MR) is 205 cm³/mol. The van der Waals surface area contributed by atoms with Gasteiger partial charge in [-0.3, -0.25) is 0 Å². The molecular formula is C43H59O3P. The van der Waals surface area contributed by atoms with Crippen molar-refractivity contribution in [3.8, 4) is 17.2 Å². The Kier molecular flexibility index (Phi) is 12.2. The van der Waals surface area contributed by atoms with Gasteiger partial charge in [-0.2, -0.15) is 0 Å². The van der Waals surface area contributed by atoms with E-state index in [9.17, 15) is 10.2 Å². The van der Waals surface area contributed by atoms with E-state index in [4.69, 9.17) is 4.52 Å². The first-order valence-electron chi connectivity index (χ1n) is 17.9. The van der Waals surface area contributed by atoms with Crippen LogP contribution in [0.1, 0.15) is 109 Å². The third kappa shape index (κ3) is 8.24. The summed E-state index contributed by atoms with van der Waals surface area (Å²) < 4.78 is 8.14. The number of aromatic hydroxyl groups is 2. The Morgan fingerprint density at radius 2 is 0.936 bits per heavy atom. The number of rotatable bonds is 16. The summed E-state index contributed by atoms with van der Waals surface area (Å²) >= 11 is 0. The number of phenols is 2. The first kappa shape index (κ1) is 36.5. The van der Waals surface area contributed by atoms with Crippen LogP contribution in [-0.2, 0) is 12.8 Å². The van der Waals surface area contributed by atoms with Gasteiger partial charge in [0.2, 0.25) is 0 Å². The Morgan fingerprint density at radius 1 is 0.553 bits per heavy atom. The standard InChI is InChI=1S/C43H59O3P/c1-9-12-20-47(21-13-10-2,22-14-11-3,40-18-16-15-17-19-40)46-43-38(29-36-25-32(5)41(44)33(6)26-36)23-31(4)24-39(43)30-37-27-34(7)42(45)35(8)28-37/h15-19,23-28,44-45H,9-14,20-22,29-30H2,1-8H3. The molecule has 4 heteroatoms. The van der Waals surface area contributed by atoms with Gasteiger partial charge in [0, 0.05) is 0 Å². The van der Waals surface area contributed by atoms with E-state index in [2.05, 4.69) is 94.4 Å². The van der Waals surface area contributed by atoms with Crippen molar-refractivity contribution in [1.29, 1.82) is 0 Å². The molecule has 4 rings (SSSR count). The van der Waals surface area contributed by atoms with E-state index in [-0.39, 0.29) is 0 Å². The molecule has 0 bridgehead atoms. The number of phenolic OH excluding ortho intramolecular Hbond substituents is 2. The summed E-state index contributed by atoms with van der Waals surface area (Å²) in [5, 5.41) is 22.6. The SMILES string of the molecule is CCCCP(CCCC)(CCCC)(Oc1c(Cc2cc(C)c(O)c(C)c2)cc(C)cc1Cc1cc(C)c(O)c(C)c1)c1ccccc1. The van der Waals surface area contributed by atoms with E-state index in [1.807, 2.05) is 27.7 Å². The Morgan fingerprint density at radius 3 is 1.30 bits per heavy atom. The molecule has 0 unspecified atom stereocenters. The summed E-state index contributed by atoms with van der Waals surface area (Å²) in [5.41, 5.74) is 9.64. The molecule has 2 N–H and O–H groups in total. The van der Waals surface area contributed by atoms with Crippen LogP contribution in [-0.4, -0.2) is 28.7 Å². The maximum atomic E-state index is 10.6. The molecule has 0 fully saturated rings. The summed E-state index contributed by atoms with van der Waals surface area (Å²) in [6, 6.07) is 24.5. The second kappa shape index (κ2) is 15.7. The van der Waals surface area contributed by atoms with Crippen molar-refractivity contribution in [2.45, 2.75) is 107 Å². The second-order valence-electron chi connectivity index (χ2n) is 14.2. The summed E-state index contributed by atoms with van der Waals surface area (Å²) in [6.45, 7) is 14.1. The fourth-order valence-corrected chi connectivity index (χ4v) is 14.2. The maximum absolute atomic E-state index is 10.6. The zero-order chi connectivity index (χ0) is 34.2. The van der Waals surface area contributed by atoms with E-state index < -0.39 is 6.83 Å². The summed E-state index contributed by atoms with van der Waals surface area (Å²) in [6.07, 6.45) is 11.6. The normalized spacial score (nSPS) is 12.6. The van der Waals surface area contributed by atoms with Crippen LogP contribution in [0.4, 0.5) is 0 Å². The first-order chi connectivity index (χ1) is 22.4. The Labute approximate surface area is 285 Å². The molecule has 0 saturated carbocycles. The average Bonchev–Trinajstić information content (AvgIpc) is 3.05. The van der Waals surface area contributed by atoms with Crippen molar-refractivity contribution in [3.05, 3.63) is 117 Å². The van der Waals surface area contributed by atoms with Crippen LogP contribution in [0, 0.1) is 34.6 Å². The van der Waals surface area contributed by atoms with Crippen molar-refractivity contribution in [2.75, 3.05) is 18.5 Å². The first-order valence-corrected chi connectivity index (χ1v) is 20.6. The Balaban J connectivity index is 2.04. The zero-order valence-corrected chi connectivity index (χ0v) is 31.3. The van der Waals surface area contributed by atoms with Gasteiger partial charge in [0.25, 0.3) is 0 Å². The van der Waals surface area contributed by atoms with Crippen molar-refractivity contribution in [1.82, 2.24) is 0 Å². The fraction of sp³-hybridized carbons (Fsp3) is 0.442. The number of hydrogen-bond acceptors (Lipinski definition) is 3. The van der Waals surface area contributed by atoms with E-state index in [1.165, 1.54) is 33.1 Å². The van der Waals surface area contributed by atoms with Crippen molar-refractivity contribution < 1.29 is 14.7 Å². The van der Waals surface area contributed by atoms with Crippen molar-refractivity contribution >= 4 is 12.1 Å². The van der Waals surface area contributed by atoms with Gasteiger partial charge in [0.1, 0.15) is 0 Å². The third-order valence-electron chi connectivity index (χ3n) is 10.1. The van der Waals surface area contributed by atoms with Crippen LogP contribution in [0.5, 0.6) is 17.2 Å². The number of benzene rings is 4. The molecule has 0 atom stereocenters. The molecule has 0 heterocycles. The van der Waals surface area contributed by atoms with E-state index in [1.54, 1.807) is 0 Å². The van der Waals surface area contributed by atoms with Gasteiger partial charge in [0.15, 0.2) is 0 Å². The predicted octanol–water partition coefficient (Wildman–Crippen LogP) is 11.4. The minimum absolute atomic E-state index is 0.376. The monoisotopic (exact) mass is 654 g/mol. The third-order valence-corrected chi connectivity index (χ3v) is 16.4. The molecule has 4 aromatic carbocycles. The molecule has 0 aromatic heterocycles. The molecule has 4 aromatic rings. The molecule has 0 aliphatic rings. The van der Waals surface area contributed by atoms with E-state index in [0.29, 0.717) is 11.5 Å². The van der Waals surface area contributed by atoms with E-state index in [0.717, 1.165) is 97.9 Å². The van der Waals surface area contributed by atoms with Crippen LogP contribution in [0.3, 0.4) is 0 Å². The zero-order valence-electron chi connectivity index (χ0n) is 30.4. The van der Waals surface area contributed by atoms with Gasteiger partial charge >= 0.3 is 286 Å². The fourth-order valence-electron chi connectivity index (χ4n) is 7.58. The quantitative estimate of drug-likeness (QED) is 0.118. The topological polar surface area (TPSA) is 49.7 Å². The van der Waals surface area contributed by atoms with Gasteiger partial charge in [-0.15, -0.1) is 0 Å². The summed E-state index contributed by atoms with van der Waals surface area (Å²) in [5.74, 6) is 1.80. The molecule has 0 aliphatic carbocycles. The molecule has 0 spiro atoms. The molecular weight excluding hydrogens is 595 g/mol. The van der Waals surface area contributed by atoms with Crippen LogP contribution < -0.4 is 9.83 Å². The van der Waals surface area contributed by atoms with Gasteiger partial charge in [-0.25, -0.2) is 0 Å². The molecule has 0 radical (unpaired) electrons. The minimum atomic E-state index is -3.00. The molecule has 47 heavy (non-hydrogen) atoms. The number of aryl methyl sites for hydroxylation is 5. The van der Waals surface area contributed by atoms with Crippen molar-refractivity contribution in [2.24, 2.45) is 0 Å². The van der Waals surface area contributed by atoms with Gasteiger partial charge in [-0.1, -0.05) is 0 Å². The molecule has 254 valence electrons.